The molecule has 0 amide bonds. The van der Waals surface area contributed by atoms with Gasteiger partial charge in [0.05, 0.1) is 10.5 Å². The summed E-state index contributed by atoms with van der Waals surface area (Å²) in [5.74, 6) is 0.0231. The summed E-state index contributed by atoms with van der Waals surface area (Å²) in [6, 6.07) is 10.6. The lowest BCUT2D eigenvalue weighted by Crippen LogP contribution is -2.17. The average molecular weight is 336 g/mol. The SMILES string of the molecule is Oc1ccc2c(c1)C(Nc1ccc(F)c(Br)c1)CCC2. The minimum Gasteiger partial charge on any atom is -0.508 e. The Bertz CT molecular complexity index is 644. The van der Waals surface area contributed by atoms with Crippen LogP contribution >= 0.6 is 15.9 Å². The smallest absolute Gasteiger partial charge is 0.137 e. The fourth-order valence-corrected chi connectivity index (χ4v) is 3.10. The first-order valence-corrected chi connectivity index (χ1v) is 7.46. The van der Waals surface area contributed by atoms with E-state index in [0.717, 1.165) is 30.5 Å². The van der Waals surface area contributed by atoms with E-state index in [1.165, 1.54) is 11.6 Å². The third-order valence-corrected chi connectivity index (χ3v) is 4.31. The van der Waals surface area contributed by atoms with Crippen LogP contribution in [-0.4, -0.2) is 5.11 Å². The van der Waals surface area contributed by atoms with Crippen LogP contribution in [0.3, 0.4) is 0 Å². The Morgan fingerprint density at radius 2 is 2.05 bits per heavy atom. The van der Waals surface area contributed by atoms with Crippen molar-refractivity contribution in [2.75, 3.05) is 5.32 Å². The molecule has 0 bridgehead atoms. The molecule has 2 aromatic carbocycles. The topological polar surface area (TPSA) is 32.3 Å². The number of benzene rings is 2. The van der Waals surface area contributed by atoms with Crippen LogP contribution in [-0.2, 0) is 6.42 Å². The van der Waals surface area contributed by atoms with E-state index in [1.807, 2.05) is 12.1 Å². The van der Waals surface area contributed by atoms with Crippen molar-refractivity contribution >= 4 is 21.6 Å². The Hall–Kier alpha value is -1.55. The number of fused-ring (bicyclic) bond motifs is 1. The zero-order chi connectivity index (χ0) is 14.1. The molecule has 1 atom stereocenters. The van der Waals surface area contributed by atoms with Gasteiger partial charge in [-0.1, -0.05) is 6.07 Å². The van der Waals surface area contributed by atoms with Gasteiger partial charge in [0.1, 0.15) is 11.6 Å². The predicted octanol–water partition coefficient (Wildman–Crippen LogP) is 4.78. The molecule has 0 fully saturated rings. The molecule has 20 heavy (non-hydrogen) atoms. The van der Waals surface area contributed by atoms with Crippen LogP contribution in [0, 0.1) is 5.82 Å². The van der Waals surface area contributed by atoms with E-state index in [1.54, 1.807) is 18.2 Å². The van der Waals surface area contributed by atoms with Gasteiger partial charge in [-0.15, -0.1) is 0 Å². The third kappa shape index (κ3) is 2.66. The van der Waals surface area contributed by atoms with Gasteiger partial charge < -0.3 is 10.4 Å². The number of halogens is 2. The molecular weight excluding hydrogens is 321 g/mol. The standard InChI is InChI=1S/C16H15BrFNO/c17-14-8-11(5-7-15(14)18)19-16-3-1-2-10-4-6-12(20)9-13(10)16/h4-9,16,19-20H,1-3H2. The quantitative estimate of drug-likeness (QED) is 0.827. The average Bonchev–Trinajstić information content (AvgIpc) is 2.44. The van der Waals surface area contributed by atoms with Crippen LogP contribution in [0.2, 0.25) is 0 Å². The molecule has 0 spiro atoms. The van der Waals surface area contributed by atoms with Gasteiger partial charge in [-0.05, 0) is 76.7 Å². The first-order chi connectivity index (χ1) is 9.63. The molecule has 0 saturated heterocycles. The van der Waals surface area contributed by atoms with Crippen molar-refractivity contribution in [2.24, 2.45) is 0 Å². The minimum atomic E-state index is -0.266. The molecule has 0 saturated carbocycles. The van der Waals surface area contributed by atoms with Gasteiger partial charge in [0.25, 0.3) is 0 Å². The second kappa shape index (κ2) is 5.44. The highest BCUT2D eigenvalue weighted by molar-refractivity contribution is 9.10. The zero-order valence-electron chi connectivity index (χ0n) is 10.9. The number of phenolic OH excluding ortho intramolecular Hbond substituents is 1. The second-order valence-corrected chi connectivity index (χ2v) is 5.96. The molecular formula is C16H15BrFNO. The summed E-state index contributed by atoms with van der Waals surface area (Å²) in [4.78, 5) is 0. The van der Waals surface area contributed by atoms with E-state index in [0.29, 0.717) is 4.47 Å². The van der Waals surface area contributed by atoms with Crippen LogP contribution in [0.15, 0.2) is 40.9 Å². The molecule has 1 aliphatic carbocycles. The van der Waals surface area contributed by atoms with Crippen LogP contribution in [0.5, 0.6) is 5.75 Å². The summed E-state index contributed by atoms with van der Waals surface area (Å²) >= 11 is 3.20. The summed E-state index contributed by atoms with van der Waals surface area (Å²) < 4.78 is 13.7. The molecule has 0 heterocycles. The first-order valence-electron chi connectivity index (χ1n) is 6.67. The van der Waals surface area contributed by atoms with E-state index in [-0.39, 0.29) is 17.6 Å². The molecule has 0 aromatic heterocycles. The van der Waals surface area contributed by atoms with Crippen LogP contribution in [0.4, 0.5) is 10.1 Å². The predicted molar refractivity (Wildman–Crippen MR) is 81.5 cm³/mol. The van der Waals surface area contributed by atoms with E-state index in [9.17, 15) is 9.50 Å². The lowest BCUT2D eigenvalue weighted by Gasteiger charge is -2.27. The largest absolute Gasteiger partial charge is 0.508 e. The maximum atomic E-state index is 13.3. The Labute approximate surface area is 125 Å². The molecule has 2 aromatic rings. The van der Waals surface area contributed by atoms with Gasteiger partial charge in [-0.2, -0.15) is 0 Å². The van der Waals surface area contributed by atoms with Gasteiger partial charge in [-0.25, -0.2) is 4.39 Å². The van der Waals surface area contributed by atoms with Crippen LogP contribution in [0.1, 0.15) is 30.0 Å². The molecule has 0 radical (unpaired) electrons. The molecule has 1 aliphatic rings. The van der Waals surface area contributed by atoms with Crippen LogP contribution in [0.25, 0.3) is 0 Å². The molecule has 2 nitrogen and oxygen atoms in total. The number of aryl methyl sites for hydroxylation is 1. The van der Waals surface area contributed by atoms with E-state index < -0.39 is 0 Å². The number of nitrogens with one attached hydrogen (secondary N) is 1. The fraction of sp³-hybridized carbons (Fsp3) is 0.250. The lowest BCUT2D eigenvalue weighted by atomic mass is 9.87. The number of aromatic hydroxyl groups is 1. The molecule has 2 N–H and O–H groups in total. The van der Waals surface area contributed by atoms with Crippen molar-refractivity contribution in [1.82, 2.24) is 0 Å². The van der Waals surface area contributed by atoms with Gasteiger partial charge in [-0.3, -0.25) is 0 Å². The number of rotatable bonds is 2. The van der Waals surface area contributed by atoms with Gasteiger partial charge in [0.15, 0.2) is 0 Å². The Kier molecular flexibility index (Phi) is 3.66. The lowest BCUT2D eigenvalue weighted by molar-refractivity contribution is 0.471. The molecule has 3 rings (SSSR count). The van der Waals surface area contributed by atoms with Gasteiger partial charge in [0.2, 0.25) is 0 Å². The van der Waals surface area contributed by atoms with Crippen molar-refractivity contribution in [3.8, 4) is 5.75 Å². The maximum absolute atomic E-state index is 13.3. The molecule has 4 heteroatoms. The third-order valence-electron chi connectivity index (χ3n) is 3.70. The summed E-state index contributed by atoms with van der Waals surface area (Å²) in [5.41, 5.74) is 3.28. The van der Waals surface area contributed by atoms with Gasteiger partial charge >= 0.3 is 0 Å². The van der Waals surface area contributed by atoms with E-state index in [4.69, 9.17) is 0 Å². The van der Waals surface area contributed by atoms with E-state index >= 15 is 0 Å². The molecule has 0 aliphatic heterocycles. The Morgan fingerprint density at radius 3 is 2.85 bits per heavy atom. The summed E-state index contributed by atoms with van der Waals surface area (Å²) in [6.07, 6.45) is 3.16. The summed E-state index contributed by atoms with van der Waals surface area (Å²) in [7, 11) is 0. The zero-order valence-corrected chi connectivity index (χ0v) is 12.5. The van der Waals surface area contributed by atoms with Gasteiger partial charge in [0, 0.05) is 5.69 Å². The van der Waals surface area contributed by atoms with Crippen LogP contribution < -0.4 is 5.32 Å². The van der Waals surface area contributed by atoms with Crippen molar-refractivity contribution in [1.29, 1.82) is 0 Å². The second-order valence-electron chi connectivity index (χ2n) is 5.10. The van der Waals surface area contributed by atoms with Crippen molar-refractivity contribution in [3.05, 3.63) is 57.8 Å². The van der Waals surface area contributed by atoms with Crippen molar-refractivity contribution in [3.63, 3.8) is 0 Å². The monoisotopic (exact) mass is 335 g/mol. The minimum absolute atomic E-state index is 0.156. The normalized spacial score (nSPS) is 17.6. The molecule has 1 unspecified atom stereocenters. The number of anilines is 1. The Morgan fingerprint density at radius 1 is 1.20 bits per heavy atom. The highest BCUT2D eigenvalue weighted by Crippen LogP contribution is 2.35. The summed E-state index contributed by atoms with van der Waals surface area (Å²) in [6.45, 7) is 0. The number of phenols is 1. The first kappa shape index (κ1) is 13.4. The molecule has 104 valence electrons. The van der Waals surface area contributed by atoms with Crippen molar-refractivity contribution < 1.29 is 9.50 Å². The highest BCUT2D eigenvalue weighted by Gasteiger charge is 2.20. The Balaban J connectivity index is 1.89. The maximum Gasteiger partial charge on any atom is 0.137 e. The highest BCUT2D eigenvalue weighted by atomic mass is 79.9. The van der Waals surface area contributed by atoms with Crippen molar-refractivity contribution in [2.45, 2.75) is 25.3 Å². The van der Waals surface area contributed by atoms with E-state index in [2.05, 4.69) is 21.2 Å². The fourth-order valence-electron chi connectivity index (χ4n) is 2.72. The summed E-state index contributed by atoms with van der Waals surface area (Å²) in [5, 5.41) is 13.1. The number of hydrogen-bond acceptors (Lipinski definition) is 2. The number of hydrogen-bond donors (Lipinski definition) is 2.